The topological polar surface area (TPSA) is 23.8 Å². The third-order valence-corrected chi connectivity index (χ3v) is 3.46. The summed E-state index contributed by atoms with van der Waals surface area (Å²) in [6.07, 6.45) is 8.82. The van der Waals surface area contributed by atoms with Crippen LogP contribution in [0, 0.1) is 20.9 Å². The molecule has 0 atom stereocenters. The van der Waals surface area contributed by atoms with Gasteiger partial charge >= 0.3 is 30.2 Å². The Labute approximate surface area is 158 Å². The average Bonchev–Trinajstić information content (AvgIpc) is 2.55. The van der Waals surface area contributed by atoms with Crippen molar-refractivity contribution in [2.24, 2.45) is 0 Å². The van der Waals surface area contributed by atoms with Gasteiger partial charge < -0.3 is 20.6 Å². The maximum absolute atomic E-state index is 6.94. The molecule has 0 heterocycles. The van der Waals surface area contributed by atoms with Crippen molar-refractivity contribution in [2.75, 3.05) is 0 Å². The molecule has 0 fully saturated rings. The first-order chi connectivity index (χ1) is 7.11. The summed E-state index contributed by atoms with van der Waals surface area (Å²) < 4.78 is 0. The third-order valence-electron chi connectivity index (χ3n) is 1.50. The van der Waals surface area contributed by atoms with Gasteiger partial charge in [0.05, 0.1) is 0 Å². The van der Waals surface area contributed by atoms with Crippen molar-refractivity contribution in [3.05, 3.63) is 44.0 Å². The molecule has 124 valence electrons. The molecule has 0 spiro atoms. The molecule has 0 amide bonds. The minimum absolute atomic E-state index is 0. The normalized spacial score (nSPS) is 11.4. The van der Waals surface area contributed by atoms with Crippen molar-refractivity contribution < 1.29 is 23.3 Å². The zero-order chi connectivity index (χ0) is 13.4. The van der Waals surface area contributed by atoms with E-state index >= 15 is 0 Å². The summed E-state index contributed by atoms with van der Waals surface area (Å²) in [5.41, 5.74) is 6.69. The molecule has 0 aromatic heterocycles. The van der Waals surface area contributed by atoms with Crippen molar-refractivity contribution in [2.45, 2.75) is 52.4 Å². The van der Waals surface area contributed by atoms with Crippen LogP contribution < -0.4 is 0 Å². The maximum atomic E-state index is 6.94. The molecular weight excluding hydrogens is 400 g/mol. The molecule has 1 aliphatic rings. The van der Waals surface area contributed by atoms with Gasteiger partial charge in [-0.1, -0.05) is 40.4 Å². The number of rotatable bonds is 1. The molecule has 20 heavy (non-hydrogen) atoms. The Morgan fingerprint density at radius 1 is 1.15 bits per heavy atom. The zero-order valence-electron chi connectivity index (χ0n) is 14.4. The second-order valence-corrected chi connectivity index (χ2v) is 10.7. The Morgan fingerprint density at radius 2 is 1.45 bits per heavy atom. The number of hydrogen-bond donors (Lipinski definition) is 0. The monoisotopic (exact) mass is 431 g/mol. The molecule has 6 heteroatoms. The fraction of sp³-hybridized carbons (Fsp3) is 0.571. The Bertz CT molecular complexity index is 251. The number of hydrogen-bond acceptors (Lipinski definition) is 0. The van der Waals surface area contributed by atoms with E-state index in [1.165, 1.54) is 5.20 Å². The van der Waals surface area contributed by atoms with E-state index in [-0.39, 0.29) is 45.2 Å². The van der Waals surface area contributed by atoms with Gasteiger partial charge in [-0.3, -0.25) is 6.08 Å². The fourth-order valence-electron chi connectivity index (χ4n) is 0.920. The molecular formula is C14H33Cl2NSi2Zr-4. The van der Waals surface area contributed by atoms with Crippen LogP contribution in [0.5, 0.6) is 0 Å². The van der Waals surface area contributed by atoms with E-state index < -0.39 is 8.07 Å². The van der Waals surface area contributed by atoms with E-state index in [4.69, 9.17) is 5.73 Å². The van der Waals surface area contributed by atoms with Crippen molar-refractivity contribution >= 4 is 39.8 Å². The van der Waals surface area contributed by atoms with Crippen LogP contribution >= 0.6 is 24.8 Å². The van der Waals surface area contributed by atoms with E-state index in [9.17, 15) is 0 Å². The van der Waals surface area contributed by atoms with Gasteiger partial charge in [-0.05, 0) is 0 Å². The Balaban J connectivity index is -0.0000000399. The summed E-state index contributed by atoms with van der Waals surface area (Å²) in [5.74, 6) is 0. The number of nitrogens with one attached hydrogen (secondary N) is 1. The Morgan fingerprint density at radius 3 is 1.55 bits per heavy atom. The van der Waals surface area contributed by atoms with Crippen LogP contribution in [0.2, 0.25) is 19.6 Å². The Hall–Kier alpha value is 1.34. The van der Waals surface area contributed by atoms with Crippen LogP contribution in [0.25, 0.3) is 5.73 Å². The molecule has 0 aromatic rings. The molecule has 1 rings (SSSR count). The van der Waals surface area contributed by atoms with Gasteiger partial charge in [0.1, 0.15) is 0 Å². The van der Waals surface area contributed by atoms with Crippen LogP contribution in [-0.4, -0.2) is 20.5 Å². The summed E-state index contributed by atoms with van der Waals surface area (Å²) in [5, 5.41) is 1.49. The van der Waals surface area contributed by atoms with Gasteiger partial charge in [0.15, 0.2) is 0 Å². The Kier molecular flexibility index (Phi) is 34.5. The predicted molar refractivity (Wildman–Crippen MR) is 104 cm³/mol. The molecule has 0 saturated heterocycles. The third kappa shape index (κ3) is 31.6. The van der Waals surface area contributed by atoms with Crippen LogP contribution in [0.3, 0.4) is 0 Å². The van der Waals surface area contributed by atoms with Gasteiger partial charge in [-0.15, -0.1) is 36.8 Å². The first-order valence-electron chi connectivity index (χ1n) is 5.49. The van der Waals surface area contributed by atoms with E-state index in [1.54, 1.807) is 23.3 Å². The van der Waals surface area contributed by atoms with E-state index in [0.717, 1.165) is 6.42 Å². The van der Waals surface area contributed by atoms with Crippen molar-refractivity contribution in [3.63, 3.8) is 0 Å². The molecule has 0 bridgehead atoms. The van der Waals surface area contributed by atoms with Crippen LogP contribution in [0.1, 0.15) is 27.2 Å². The van der Waals surface area contributed by atoms with Crippen molar-refractivity contribution in [1.82, 2.24) is 0 Å². The quantitative estimate of drug-likeness (QED) is 0.400. The average molecular weight is 434 g/mol. The van der Waals surface area contributed by atoms with Gasteiger partial charge in [0, 0.05) is 8.07 Å². The molecule has 1 nitrogen and oxygen atoms in total. The fourth-order valence-corrected chi connectivity index (χ4v) is 2.17. The molecule has 1 aliphatic carbocycles. The molecule has 0 unspecified atom stereocenters. The first kappa shape index (κ1) is 37.5. The molecule has 0 aliphatic heterocycles. The summed E-state index contributed by atoms with van der Waals surface area (Å²) in [7, 11) is -1.01. The standard InChI is InChI=1S/C8H13Si.C4H10N.2CH3.2ClH.H2Si.Zr/c1-9(2,3)8-6-4-5-7-8;1-4(2,3)5;;;;;;/h4,6H,5H2,1-3H3;5H,1-3H3;2*1H3;2*1H;1H2;/q4*-1;;;;. The number of halogens is 2. The SMILES string of the molecule is CC(C)(C)[NH-].C[Si](C)(C)C1=[C-]CC=C1.Cl.Cl.[CH3-].[CH3-].[SiH2]=[Zr]. The predicted octanol–water partition coefficient (Wildman–Crippen LogP) is 5.22. The molecule has 1 N–H and O–H groups in total. The van der Waals surface area contributed by atoms with E-state index in [2.05, 4.69) is 37.9 Å². The number of allylic oxidation sites excluding steroid dienone is 4. The van der Waals surface area contributed by atoms with Crippen LogP contribution in [0.4, 0.5) is 0 Å². The summed E-state index contributed by atoms with van der Waals surface area (Å²) in [6.45, 7) is 14.6. The summed E-state index contributed by atoms with van der Waals surface area (Å²) >= 11 is 1.58. The van der Waals surface area contributed by atoms with Crippen molar-refractivity contribution in [1.29, 1.82) is 0 Å². The van der Waals surface area contributed by atoms with E-state index in [1.807, 2.05) is 27.7 Å². The molecule has 0 radical (unpaired) electrons. The second-order valence-electron chi connectivity index (χ2n) is 5.70. The summed E-state index contributed by atoms with van der Waals surface area (Å²) in [4.78, 5) is 0. The van der Waals surface area contributed by atoms with Crippen LogP contribution in [0.15, 0.2) is 17.3 Å². The minimum atomic E-state index is -1.01. The van der Waals surface area contributed by atoms with Gasteiger partial charge in [-0.25, -0.2) is 11.3 Å². The first-order valence-corrected chi connectivity index (χ1v) is 14.9. The van der Waals surface area contributed by atoms with E-state index in [0.29, 0.717) is 0 Å². The second kappa shape index (κ2) is 18.4. The van der Waals surface area contributed by atoms with Crippen LogP contribution in [-0.2, 0) is 23.3 Å². The van der Waals surface area contributed by atoms with Gasteiger partial charge in [0.2, 0.25) is 0 Å². The summed E-state index contributed by atoms with van der Waals surface area (Å²) in [6, 6.07) is 0. The van der Waals surface area contributed by atoms with Gasteiger partial charge in [-0.2, -0.15) is 6.08 Å². The van der Waals surface area contributed by atoms with Gasteiger partial charge in [0.25, 0.3) is 0 Å². The van der Waals surface area contributed by atoms with Crippen molar-refractivity contribution in [3.8, 4) is 0 Å². The zero-order valence-corrected chi connectivity index (χ0v) is 20.9. The molecule has 0 saturated carbocycles. The molecule has 0 aromatic carbocycles.